The van der Waals surface area contributed by atoms with Gasteiger partial charge < -0.3 is 10.4 Å². The number of hydrogen-bond acceptors (Lipinski definition) is 4. The van der Waals surface area contributed by atoms with Crippen molar-refractivity contribution in [1.82, 2.24) is 0 Å². The SMILES string of the molecule is Cc1cc(NC(=O)c2cccc(S(=O)(=O)Nc3ccccc3O)c2)ccc1F. The zero-order valence-corrected chi connectivity index (χ0v) is 15.6. The largest absolute Gasteiger partial charge is 0.506 e. The number of phenols is 1. The fourth-order valence-corrected chi connectivity index (χ4v) is 3.61. The van der Waals surface area contributed by atoms with Crippen LogP contribution in [0.4, 0.5) is 15.8 Å². The number of phenolic OH excluding ortho intramolecular Hbond substituents is 1. The number of carbonyl (C=O) groups excluding carboxylic acids is 1. The third-order valence-corrected chi connectivity index (χ3v) is 5.33. The first-order chi connectivity index (χ1) is 13.3. The highest BCUT2D eigenvalue weighted by Crippen LogP contribution is 2.25. The number of aromatic hydroxyl groups is 1. The molecule has 0 saturated carbocycles. The minimum atomic E-state index is -4.02. The number of para-hydroxylation sites is 2. The predicted molar refractivity (Wildman–Crippen MR) is 104 cm³/mol. The number of carbonyl (C=O) groups is 1. The fraction of sp³-hybridized carbons (Fsp3) is 0.0500. The van der Waals surface area contributed by atoms with Gasteiger partial charge in [-0.15, -0.1) is 0 Å². The molecule has 0 aromatic heterocycles. The van der Waals surface area contributed by atoms with E-state index < -0.39 is 15.9 Å². The van der Waals surface area contributed by atoms with Gasteiger partial charge in [0.15, 0.2) is 0 Å². The summed E-state index contributed by atoms with van der Waals surface area (Å²) < 4.78 is 40.8. The summed E-state index contributed by atoms with van der Waals surface area (Å²) in [7, 11) is -4.02. The molecule has 28 heavy (non-hydrogen) atoms. The van der Waals surface area contributed by atoms with Crippen LogP contribution in [-0.4, -0.2) is 19.4 Å². The summed E-state index contributed by atoms with van der Waals surface area (Å²) in [4.78, 5) is 12.3. The van der Waals surface area contributed by atoms with Crippen molar-refractivity contribution in [1.29, 1.82) is 0 Å². The molecule has 0 atom stereocenters. The maximum atomic E-state index is 13.3. The molecular formula is C20H17FN2O4S. The Balaban J connectivity index is 1.83. The Bertz CT molecular complexity index is 1150. The first-order valence-electron chi connectivity index (χ1n) is 8.25. The van der Waals surface area contributed by atoms with Crippen LogP contribution in [0, 0.1) is 12.7 Å². The molecule has 8 heteroatoms. The molecule has 6 nitrogen and oxygen atoms in total. The molecule has 0 aliphatic rings. The molecule has 0 saturated heterocycles. The number of nitrogens with one attached hydrogen (secondary N) is 2. The van der Waals surface area contributed by atoms with Gasteiger partial charge in [-0.05, 0) is 61.0 Å². The number of amides is 1. The van der Waals surface area contributed by atoms with Gasteiger partial charge in [0.1, 0.15) is 11.6 Å². The van der Waals surface area contributed by atoms with Crippen LogP contribution < -0.4 is 10.0 Å². The molecule has 0 radical (unpaired) electrons. The van der Waals surface area contributed by atoms with E-state index in [0.717, 1.165) is 0 Å². The van der Waals surface area contributed by atoms with Crippen molar-refractivity contribution in [2.75, 3.05) is 10.0 Å². The molecule has 144 valence electrons. The average molecular weight is 400 g/mol. The predicted octanol–water partition coefficient (Wildman–Crippen LogP) is 3.89. The number of sulfonamides is 1. The minimum absolute atomic E-state index is 0.0270. The highest BCUT2D eigenvalue weighted by molar-refractivity contribution is 7.92. The van der Waals surface area contributed by atoms with Crippen LogP contribution in [0.2, 0.25) is 0 Å². The van der Waals surface area contributed by atoms with Crippen molar-refractivity contribution >= 4 is 27.3 Å². The topological polar surface area (TPSA) is 95.5 Å². The van der Waals surface area contributed by atoms with E-state index in [9.17, 15) is 22.7 Å². The lowest BCUT2D eigenvalue weighted by Crippen LogP contribution is -2.16. The molecule has 0 fully saturated rings. The molecule has 3 N–H and O–H groups in total. The average Bonchev–Trinajstić information content (AvgIpc) is 2.66. The third-order valence-electron chi connectivity index (χ3n) is 3.97. The lowest BCUT2D eigenvalue weighted by molar-refractivity contribution is 0.102. The molecule has 3 aromatic rings. The van der Waals surface area contributed by atoms with Crippen molar-refractivity contribution in [3.63, 3.8) is 0 Å². The number of aryl methyl sites for hydroxylation is 1. The maximum Gasteiger partial charge on any atom is 0.262 e. The maximum absolute atomic E-state index is 13.3. The van der Waals surface area contributed by atoms with Crippen LogP contribution in [0.5, 0.6) is 5.75 Å². The van der Waals surface area contributed by atoms with E-state index in [1.54, 1.807) is 19.1 Å². The van der Waals surface area contributed by atoms with Gasteiger partial charge in [0.05, 0.1) is 10.6 Å². The Labute approximate surface area is 161 Å². The van der Waals surface area contributed by atoms with Crippen molar-refractivity contribution < 1.29 is 22.7 Å². The van der Waals surface area contributed by atoms with Crippen molar-refractivity contribution in [2.24, 2.45) is 0 Å². The summed E-state index contributed by atoms with van der Waals surface area (Å²) in [6.07, 6.45) is 0. The van der Waals surface area contributed by atoms with E-state index in [4.69, 9.17) is 0 Å². The summed E-state index contributed by atoms with van der Waals surface area (Å²) in [6.45, 7) is 1.57. The second-order valence-electron chi connectivity index (χ2n) is 6.07. The second-order valence-corrected chi connectivity index (χ2v) is 7.75. The Kier molecular flexibility index (Phi) is 5.32. The van der Waals surface area contributed by atoms with E-state index >= 15 is 0 Å². The highest BCUT2D eigenvalue weighted by atomic mass is 32.2. The monoisotopic (exact) mass is 400 g/mol. The van der Waals surface area contributed by atoms with Crippen molar-refractivity contribution in [3.05, 3.63) is 83.7 Å². The lowest BCUT2D eigenvalue weighted by Gasteiger charge is -2.11. The zero-order chi connectivity index (χ0) is 20.3. The minimum Gasteiger partial charge on any atom is -0.506 e. The summed E-state index contributed by atoms with van der Waals surface area (Å²) in [6, 6.07) is 15.5. The van der Waals surface area contributed by atoms with Crippen LogP contribution >= 0.6 is 0 Å². The first-order valence-corrected chi connectivity index (χ1v) is 9.73. The van der Waals surface area contributed by atoms with E-state index in [1.807, 2.05) is 0 Å². The number of halogens is 1. The Morgan fingerprint density at radius 2 is 1.75 bits per heavy atom. The molecule has 0 spiro atoms. The Morgan fingerprint density at radius 3 is 2.46 bits per heavy atom. The standard InChI is InChI=1S/C20H17FN2O4S/c1-13-11-15(9-10-17(13)21)22-20(25)14-5-4-6-16(12-14)28(26,27)23-18-7-2-3-8-19(18)24/h2-12,23-24H,1H3,(H,22,25). The van der Waals surface area contributed by atoms with Gasteiger partial charge in [0.25, 0.3) is 15.9 Å². The molecule has 0 heterocycles. The molecule has 1 amide bonds. The van der Waals surface area contributed by atoms with Crippen LogP contribution in [0.25, 0.3) is 0 Å². The van der Waals surface area contributed by atoms with E-state index in [0.29, 0.717) is 11.3 Å². The van der Waals surface area contributed by atoms with Crippen LogP contribution in [0.3, 0.4) is 0 Å². The molecule has 0 aliphatic heterocycles. The Morgan fingerprint density at radius 1 is 1.00 bits per heavy atom. The second kappa shape index (κ2) is 7.69. The van der Waals surface area contributed by atoms with Crippen LogP contribution in [-0.2, 0) is 10.0 Å². The molecule has 3 rings (SSSR count). The molecule has 0 aliphatic carbocycles. The molecule has 0 unspecified atom stereocenters. The quantitative estimate of drug-likeness (QED) is 0.566. The molecule has 3 aromatic carbocycles. The Hall–Kier alpha value is -3.39. The summed E-state index contributed by atoms with van der Waals surface area (Å²) >= 11 is 0. The highest BCUT2D eigenvalue weighted by Gasteiger charge is 2.18. The van der Waals surface area contributed by atoms with Gasteiger partial charge in [-0.3, -0.25) is 9.52 Å². The van der Waals surface area contributed by atoms with Crippen LogP contribution in [0.1, 0.15) is 15.9 Å². The van der Waals surface area contributed by atoms with Gasteiger partial charge in [0.2, 0.25) is 0 Å². The number of rotatable bonds is 5. The number of anilines is 2. The van der Waals surface area contributed by atoms with Gasteiger partial charge in [-0.1, -0.05) is 18.2 Å². The summed E-state index contributed by atoms with van der Waals surface area (Å²) in [5.41, 5.74) is 0.909. The zero-order valence-electron chi connectivity index (χ0n) is 14.8. The van der Waals surface area contributed by atoms with Crippen LogP contribution in [0.15, 0.2) is 71.6 Å². The van der Waals surface area contributed by atoms with Gasteiger partial charge in [-0.2, -0.15) is 0 Å². The van der Waals surface area contributed by atoms with E-state index in [-0.39, 0.29) is 27.7 Å². The van der Waals surface area contributed by atoms with Crippen molar-refractivity contribution in [3.8, 4) is 5.75 Å². The number of benzene rings is 3. The molecular weight excluding hydrogens is 383 g/mol. The number of hydrogen-bond donors (Lipinski definition) is 3. The fourth-order valence-electron chi connectivity index (χ4n) is 2.49. The molecule has 0 bridgehead atoms. The third kappa shape index (κ3) is 4.29. The van der Waals surface area contributed by atoms with E-state index in [2.05, 4.69) is 10.0 Å². The first kappa shape index (κ1) is 19.4. The van der Waals surface area contributed by atoms with Crippen molar-refractivity contribution in [2.45, 2.75) is 11.8 Å². The summed E-state index contributed by atoms with van der Waals surface area (Å²) in [5.74, 6) is -1.14. The normalized spacial score (nSPS) is 11.1. The van der Waals surface area contributed by atoms with Gasteiger partial charge >= 0.3 is 0 Å². The summed E-state index contributed by atoms with van der Waals surface area (Å²) in [5, 5.41) is 12.4. The van der Waals surface area contributed by atoms with E-state index in [1.165, 1.54) is 54.6 Å². The lowest BCUT2D eigenvalue weighted by atomic mass is 10.2. The van der Waals surface area contributed by atoms with Gasteiger partial charge in [0, 0.05) is 11.3 Å². The van der Waals surface area contributed by atoms with Gasteiger partial charge in [-0.25, -0.2) is 12.8 Å². The smallest absolute Gasteiger partial charge is 0.262 e.